The molecule has 5 atom stereocenters. The fraction of sp³-hybridized carbons (Fsp3) is 0.491. The minimum atomic E-state index is -1.51. The number of carbonyl (C=O) groups excluding carboxylic acids is 6. The molecule has 0 unspecified atom stereocenters. The van der Waals surface area contributed by atoms with Gasteiger partial charge < -0.3 is 68.8 Å². The van der Waals surface area contributed by atoms with E-state index in [0.29, 0.717) is 92.7 Å². The second-order valence-corrected chi connectivity index (χ2v) is 20.0. The van der Waals surface area contributed by atoms with E-state index < -0.39 is 48.2 Å². The van der Waals surface area contributed by atoms with Crippen molar-refractivity contribution in [1.82, 2.24) is 20.4 Å². The average Bonchev–Trinajstić information content (AvgIpc) is 4.21. The smallest absolute Gasteiger partial charge is 0.416 e. The van der Waals surface area contributed by atoms with Gasteiger partial charge in [-0.1, -0.05) is 37.1 Å². The fourth-order valence-corrected chi connectivity index (χ4v) is 9.35. The van der Waals surface area contributed by atoms with Gasteiger partial charge in [-0.3, -0.25) is 29.0 Å². The number of unbranched alkanes of at least 4 members (excludes halogenated alkanes) is 2. The zero-order valence-electron chi connectivity index (χ0n) is 46.2. The topological polar surface area (TPSA) is 255 Å². The molecular formula is C57H73N7O15. The summed E-state index contributed by atoms with van der Waals surface area (Å²) in [5.41, 5.74) is 4.01. The Labute approximate surface area is 460 Å². The highest BCUT2D eigenvalue weighted by Crippen LogP contribution is 2.43. The minimum absolute atomic E-state index is 0.0372. The van der Waals surface area contributed by atoms with E-state index in [2.05, 4.69) is 20.9 Å². The fourth-order valence-electron chi connectivity index (χ4n) is 9.35. The lowest BCUT2D eigenvalue weighted by Gasteiger charge is -2.31. The monoisotopic (exact) mass is 1100 g/mol. The van der Waals surface area contributed by atoms with Crippen LogP contribution in [0, 0.1) is 5.92 Å². The molecular weight excluding hydrogens is 1020 g/mol. The molecule has 0 bridgehead atoms. The van der Waals surface area contributed by atoms with Gasteiger partial charge in [-0.05, 0) is 88.6 Å². The third-order valence-electron chi connectivity index (χ3n) is 13.6. The van der Waals surface area contributed by atoms with Crippen molar-refractivity contribution in [1.29, 1.82) is 0 Å². The van der Waals surface area contributed by atoms with Crippen molar-refractivity contribution in [2.24, 2.45) is 10.9 Å². The number of amides is 6. The Balaban J connectivity index is 0.918. The zero-order valence-corrected chi connectivity index (χ0v) is 46.2. The lowest BCUT2D eigenvalue weighted by molar-refractivity contribution is -0.132. The number of aliphatic hydroxyl groups is 1. The first kappa shape index (κ1) is 59.1. The van der Waals surface area contributed by atoms with Crippen LogP contribution in [-0.2, 0) is 39.9 Å². The number of aliphatic hydroxyl groups excluding tert-OH is 1. The van der Waals surface area contributed by atoms with Gasteiger partial charge >= 0.3 is 6.09 Å². The van der Waals surface area contributed by atoms with E-state index in [1.165, 1.54) is 38.2 Å². The number of aliphatic imine (C=N–C) groups is 1. The third kappa shape index (κ3) is 15.0. The quantitative estimate of drug-likeness (QED) is 0.0602. The van der Waals surface area contributed by atoms with Gasteiger partial charge in [0.15, 0.2) is 29.2 Å². The molecule has 426 valence electrons. The predicted molar refractivity (Wildman–Crippen MR) is 292 cm³/mol. The van der Waals surface area contributed by atoms with E-state index >= 15 is 0 Å². The van der Waals surface area contributed by atoms with Gasteiger partial charge in [-0.25, -0.2) is 9.69 Å². The van der Waals surface area contributed by atoms with Crippen molar-refractivity contribution in [2.75, 3.05) is 77.8 Å². The number of nitrogens with zero attached hydrogens (tertiary/aromatic N) is 4. The molecule has 0 spiro atoms. The molecule has 0 aliphatic carbocycles. The highest BCUT2D eigenvalue weighted by atomic mass is 16.6. The summed E-state index contributed by atoms with van der Waals surface area (Å²) in [6.45, 7) is 11.0. The molecule has 3 aromatic rings. The highest BCUT2D eigenvalue weighted by Gasteiger charge is 2.45. The molecule has 6 amide bonds. The largest absolute Gasteiger partial charge is 0.493 e. The van der Waals surface area contributed by atoms with Crippen LogP contribution in [0.2, 0.25) is 0 Å². The van der Waals surface area contributed by atoms with Gasteiger partial charge in [0.05, 0.1) is 95.1 Å². The van der Waals surface area contributed by atoms with E-state index in [4.69, 9.17) is 37.9 Å². The molecule has 4 N–H and O–H groups in total. The highest BCUT2D eigenvalue weighted by molar-refractivity contribution is 6.07. The van der Waals surface area contributed by atoms with E-state index in [1.807, 2.05) is 20.0 Å². The molecule has 4 aliphatic heterocycles. The molecule has 0 aromatic heterocycles. The first-order chi connectivity index (χ1) is 38.0. The molecule has 0 fully saturated rings. The summed E-state index contributed by atoms with van der Waals surface area (Å²) in [4.78, 5) is 89.6. The number of fused-ring (bicyclic) bond motifs is 4. The van der Waals surface area contributed by atoms with E-state index in [0.717, 1.165) is 22.5 Å². The van der Waals surface area contributed by atoms with Crippen LogP contribution >= 0.6 is 0 Å². The Kier molecular flexibility index (Phi) is 20.9. The second-order valence-electron chi connectivity index (χ2n) is 20.0. The molecule has 4 heterocycles. The average molecular weight is 1100 g/mol. The van der Waals surface area contributed by atoms with E-state index in [-0.39, 0.29) is 72.8 Å². The maximum atomic E-state index is 14.2. The van der Waals surface area contributed by atoms with Crippen LogP contribution in [0.4, 0.5) is 21.9 Å². The molecule has 4 aliphatic rings. The lowest BCUT2D eigenvalue weighted by Crippen LogP contribution is -2.53. The number of hydrogen-bond donors (Lipinski definition) is 4. The molecule has 0 saturated carbocycles. The predicted octanol–water partition coefficient (Wildman–Crippen LogP) is 6.41. The van der Waals surface area contributed by atoms with Crippen LogP contribution in [-0.4, -0.2) is 155 Å². The Morgan fingerprint density at radius 1 is 0.709 bits per heavy atom. The van der Waals surface area contributed by atoms with Crippen LogP contribution < -0.4 is 39.8 Å². The normalized spacial score (nSPS) is 18.0. The summed E-state index contributed by atoms with van der Waals surface area (Å²) in [5, 5.41) is 20.1. The molecule has 22 heteroatoms. The maximum Gasteiger partial charge on any atom is 0.416 e. The summed E-state index contributed by atoms with van der Waals surface area (Å²) < 4.78 is 45.1. The molecule has 79 heavy (non-hydrogen) atoms. The Morgan fingerprint density at radius 2 is 1.33 bits per heavy atom. The van der Waals surface area contributed by atoms with Crippen molar-refractivity contribution in [3.63, 3.8) is 0 Å². The molecule has 0 saturated heterocycles. The number of rotatable bonds is 27. The Bertz CT molecular complexity index is 2780. The number of benzene rings is 3. The number of methoxy groups -OCH3 is 3. The van der Waals surface area contributed by atoms with E-state index in [9.17, 15) is 33.9 Å². The number of ether oxygens (including phenoxy) is 8. The number of carbonyl (C=O) groups is 6. The first-order valence-corrected chi connectivity index (χ1v) is 26.5. The molecule has 22 nitrogen and oxygen atoms in total. The van der Waals surface area contributed by atoms with Crippen LogP contribution in [0.15, 0.2) is 77.1 Å². The zero-order chi connectivity index (χ0) is 56.8. The summed E-state index contributed by atoms with van der Waals surface area (Å²) in [6.07, 6.45) is 5.93. The number of anilines is 2. The minimum Gasteiger partial charge on any atom is -0.493 e. The van der Waals surface area contributed by atoms with Crippen molar-refractivity contribution in [2.45, 2.75) is 110 Å². The van der Waals surface area contributed by atoms with Crippen LogP contribution in [0.3, 0.4) is 0 Å². The first-order valence-electron chi connectivity index (χ1n) is 26.5. The number of hydrogen-bond acceptors (Lipinski definition) is 16. The van der Waals surface area contributed by atoms with E-state index in [1.54, 1.807) is 74.7 Å². The van der Waals surface area contributed by atoms with Crippen LogP contribution in [0.1, 0.15) is 99.4 Å². The summed E-state index contributed by atoms with van der Waals surface area (Å²) in [6, 6.07) is 10.1. The van der Waals surface area contributed by atoms with Gasteiger partial charge in [0.1, 0.15) is 18.7 Å². The maximum absolute atomic E-state index is 14.2. The summed E-state index contributed by atoms with van der Waals surface area (Å²) >= 11 is 0. The van der Waals surface area contributed by atoms with Gasteiger partial charge in [0.2, 0.25) is 17.7 Å². The third-order valence-corrected chi connectivity index (χ3v) is 13.6. The Hall–Kier alpha value is -7.53. The number of nitrogens with one attached hydrogen (secondary N) is 3. The summed E-state index contributed by atoms with van der Waals surface area (Å²) in [5.74, 6) is -0.872. The van der Waals surface area contributed by atoms with Gasteiger partial charge in [-0.15, -0.1) is 0 Å². The van der Waals surface area contributed by atoms with Crippen molar-refractivity contribution in [3.8, 4) is 23.0 Å². The molecule has 0 radical (unpaired) electrons. The van der Waals surface area contributed by atoms with Crippen molar-refractivity contribution in [3.05, 3.63) is 88.8 Å². The summed E-state index contributed by atoms with van der Waals surface area (Å²) in [7, 11) is 4.55. The second kappa shape index (κ2) is 27.9. The van der Waals surface area contributed by atoms with Crippen LogP contribution in [0.5, 0.6) is 23.0 Å². The van der Waals surface area contributed by atoms with Gasteiger partial charge in [0.25, 0.3) is 11.8 Å². The molecule has 3 aromatic carbocycles. The lowest BCUT2D eigenvalue weighted by atomic mass is 10.0. The van der Waals surface area contributed by atoms with Crippen molar-refractivity contribution < 1.29 is 71.8 Å². The van der Waals surface area contributed by atoms with Crippen molar-refractivity contribution >= 4 is 58.9 Å². The standard InChI is InChI=1S/C57H73N7O15/c1-34(2)51(61-50(65)16-19-75-22-23-76-21-20-72-6)53(67)59-37(5)52(66)60-39-14-12-38(13-15-39)33-79-57(71)64-44-29-49(47(74-8)27-42(44)55(69)63-32-36(4)25-45(63)56(64)70)78-18-11-9-10-17-77-48-28-43-41(26-46(48)73-7)54(68)62-31-35(3)24-40(62)30-58-43/h12-15,26-32,34,37,40,45,51,56,70H,9-11,16-25,33H2,1-8H3,(H,59,67)(H,60,66)(H,61,65)/t37-,40-,45-,51-,56-/m0/s1. The Morgan fingerprint density at radius 3 is 2.00 bits per heavy atom. The van der Waals surface area contributed by atoms with Gasteiger partial charge in [0, 0.05) is 50.0 Å². The van der Waals surface area contributed by atoms with Crippen LogP contribution in [0.25, 0.3) is 0 Å². The SMILES string of the molecule is COCCOCCOCCC(=O)N[C@H](C(=O)N[C@@H](C)C(=O)Nc1ccc(COC(=O)N2c3cc(OCCCCCOc4cc5c(cc4OC)C(=O)N4C=C(C)C[C@H]4C=N5)c(OC)cc3C(=O)N3C=C(C)C[C@H]3[C@@H]2O)cc1)C(C)C. The van der Waals surface area contributed by atoms with Gasteiger partial charge in [-0.2, -0.15) is 0 Å². The molecule has 7 rings (SSSR count).